The number of alkyl halides is 6. The average molecular weight is 1180 g/mol. The molecule has 0 aliphatic rings. The highest BCUT2D eigenvalue weighted by Crippen LogP contribution is 2.49. The maximum atomic E-state index is 15.3. The Balaban J connectivity index is 0.982. The summed E-state index contributed by atoms with van der Waals surface area (Å²) in [6.07, 6.45) is -10.4. The maximum Gasteiger partial charge on any atom is 0.417 e. The van der Waals surface area contributed by atoms with Gasteiger partial charge in [-0.15, -0.1) is 0 Å². The normalized spacial score (nSPS) is 11.9. The first-order valence-electron chi connectivity index (χ1n) is 28.6. The number of hydrogen-bond donors (Lipinski definition) is 0. The minimum atomic E-state index is -5.20. The van der Waals surface area contributed by atoms with Crippen molar-refractivity contribution in [1.82, 2.24) is 39.0 Å². The van der Waals surface area contributed by atoms with Crippen molar-refractivity contribution in [2.45, 2.75) is 12.4 Å². The molecule has 15 heteroatoms. The Hall–Kier alpha value is -11.9. The van der Waals surface area contributed by atoms with E-state index in [9.17, 15) is 5.26 Å². The first-order valence-corrected chi connectivity index (χ1v) is 28.6. The van der Waals surface area contributed by atoms with Crippen molar-refractivity contribution in [2.75, 3.05) is 0 Å². The molecule has 430 valence electrons. The molecule has 0 aliphatic heterocycles. The molecule has 0 bridgehead atoms. The van der Waals surface area contributed by atoms with E-state index in [1.807, 2.05) is 221 Å². The average Bonchev–Trinajstić information content (AvgIpc) is 1.57. The molecular formula is C75H43F6N9. The molecule has 11 aromatic carbocycles. The smallest absolute Gasteiger partial charge is 0.309 e. The van der Waals surface area contributed by atoms with Crippen LogP contribution in [0.25, 0.3) is 146 Å². The Kier molecular flexibility index (Phi) is 13.3. The first-order chi connectivity index (χ1) is 43.9. The third-order valence-corrected chi connectivity index (χ3v) is 16.1. The molecule has 0 saturated heterocycles. The van der Waals surface area contributed by atoms with E-state index in [1.165, 1.54) is 12.1 Å². The summed E-state index contributed by atoms with van der Waals surface area (Å²) in [7, 11) is 0. The van der Waals surface area contributed by atoms with Crippen LogP contribution in [0.4, 0.5) is 26.3 Å². The summed E-state index contributed by atoms with van der Waals surface area (Å²) in [4.78, 5) is 29.8. The lowest BCUT2D eigenvalue weighted by Gasteiger charge is -2.23. The minimum absolute atomic E-state index is 0.0991. The molecule has 0 aliphatic carbocycles. The molecule has 15 rings (SSSR count). The third kappa shape index (κ3) is 9.63. The predicted molar refractivity (Wildman–Crippen MR) is 340 cm³/mol. The molecule has 0 unspecified atom stereocenters. The lowest BCUT2D eigenvalue weighted by Crippen LogP contribution is -2.14. The number of nitrogens with zero attached hydrogens (tertiary/aromatic N) is 9. The number of hydrogen-bond acceptors (Lipinski definition) is 7. The summed E-state index contributed by atoms with van der Waals surface area (Å²) >= 11 is 0. The number of benzene rings is 11. The van der Waals surface area contributed by atoms with Crippen molar-refractivity contribution in [2.24, 2.45) is 0 Å². The zero-order chi connectivity index (χ0) is 61.3. The number of fused-ring (bicyclic) bond motifs is 6. The van der Waals surface area contributed by atoms with Gasteiger partial charge in [0.15, 0.2) is 34.9 Å². The van der Waals surface area contributed by atoms with Crippen molar-refractivity contribution in [3.63, 3.8) is 0 Å². The standard InChI is InChI=1S/C75H43F6N9/c76-74(77,78)58-30-18-31-59(75(79,80)81)67(58)49-35-38-64(89-60-32-15-13-28-53(60)55-42-50(36-39-62(55)89)72-85-68(45-19-5-1-6-20-45)83-69(86-72)46-21-7-2-8-22-46)57(41-49)66-52(44-82)27-17-34-65(66)90-61-33-16-14-29-54(61)56-43-51(37-40-63(56)90)73-87-70(47-23-9-3-10-24-47)84-71(88-73)48-25-11-4-12-26-48/h1-43H. The highest BCUT2D eigenvalue weighted by molar-refractivity contribution is 6.13. The fraction of sp³-hybridized carbons (Fsp3) is 0.0267. The highest BCUT2D eigenvalue weighted by atomic mass is 19.4. The van der Waals surface area contributed by atoms with Crippen LogP contribution in [0.15, 0.2) is 261 Å². The van der Waals surface area contributed by atoms with Gasteiger partial charge >= 0.3 is 12.4 Å². The molecule has 0 amide bonds. The summed E-state index contributed by atoms with van der Waals surface area (Å²) < 4.78 is 95.7. The van der Waals surface area contributed by atoms with Crippen molar-refractivity contribution >= 4 is 43.6 Å². The monoisotopic (exact) mass is 1180 g/mol. The van der Waals surface area contributed by atoms with Crippen molar-refractivity contribution < 1.29 is 26.3 Å². The topological polar surface area (TPSA) is 111 Å². The van der Waals surface area contributed by atoms with Gasteiger partial charge in [-0.25, -0.2) is 29.9 Å². The van der Waals surface area contributed by atoms with E-state index in [2.05, 4.69) is 6.07 Å². The van der Waals surface area contributed by atoms with Crippen LogP contribution in [-0.4, -0.2) is 39.0 Å². The highest BCUT2D eigenvalue weighted by Gasteiger charge is 2.41. The van der Waals surface area contributed by atoms with Gasteiger partial charge in [0.1, 0.15) is 0 Å². The Morgan fingerprint density at radius 3 is 1.06 bits per heavy atom. The molecule has 0 fully saturated rings. The van der Waals surface area contributed by atoms with Crippen LogP contribution >= 0.6 is 0 Å². The summed E-state index contributed by atoms with van der Waals surface area (Å²) in [5.41, 5.74) is 4.05. The molecule has 0 radical (unpaired) electrons. The van der Waals surface area contributed by atoms with Crippen LogP contribution in [0.2, 0.25) is 0 Å². The Morgan fingerprint density at radius 2 is 0.644 bits per heavy atom. The Labute approximate surface area is 509 Å². The molecule has 15 aromatic rings. The summed E-state index contributed by atoms with van der Waals surface area (Å²) in [6, 6.07) is 79.0. The van der Waals surface area contributed by atoms with E-state index in [0.29, 0.717) is 91.6 Å². The van der Waals surface area contributed by atoms with Crippen LogP contribution in [0.3, 0.4) is 0 Å². The lowest BCUT2D eigenvalue weighted by molar-refractivity contribution is -0.142. The largest absolute Gasteiger partial charge is 0.417 e. The van der Waals surface area contributed by atoms with Crippen LogP contribution in [0.1, 0.15) is 16.7 Å². The van der Waals surface area contributed by atoms with Gasteiger partial charge in [-0.05, 0) is 90.5 Å². The molecule has 4 heterocycles. The van der Waals surface area contributed by atoms with Crippen molar-refractivity contribution in [3.05, 3.63) is 278 Å². The third-order valence-electron chi connectivity index (χ3n) is 16.1. The number of halogens is 6. The fourth-order valence-corrected chi connectivity index (χ4v) is 12.1. The molecule has 90 heavy (non-hydrogen) atoms. The Morgan fingerprint density at radius 1 is 0.289 bits per heavy atom. The second-order valence-electron chi connectivity index (χ2n) is 21.5. The minimum Gasteiger partial charge on any atom is -0.309 e. The SMILES string of the molecule is N#Cc1cccc(-n2c3ccccc3c3cc(-c4nc(-c5ccccc5)nc(-c5ccccc5)n4)ccc32)c1-c1cc(-c2c(C(F)(F)F)cccc2C(F)(F)F)ccc1-n1c2ccccc2c2cc(-c3nc(-c4ccccc4)nc(-c4ccccc4)n3)ccc21. The van der Waals surface area contributed by atoms with E-state index in [1.54, 1.807) is 18.2 Å². The Bertz CT molecular complexity index is 5200. The number of para-hydroxylation sites is 2. The zero-order valence-corrected chi connectivity index (χ0v) is 47.1. The van der Waals surface area contributed by atoms with Gasteiger partial charge in [-0.2, -0.15) is 31.6 Å². The molecule has 0 saturated carbocycles. The molecule has 4 aromatic heterocycles. The number of rotatable bonds is 10. The van der Waals surface area contributed by atoms with Crippen LogP contribution in [0.5, 0.6) is 0 Å². The second kappa shape index (κ2) is 21.8. The summed E-state index contributed by atoms with van der Waals surface area (Å²) in [5, 5.41) is 14.4. The lowest BCUT2D eigenvalue weighted by atomic mass is 9.89. The fourth-order valence-electron chi connectivity index (χ4n) is 12.1. The summed E-state index contributed by atoms with van der Waals surface area (Å²) in [5.74, 6) is 2.66. The summed E-state index contributed by atoms with van der Waals surface area (Å²) in [6.45, 7) is 0. The first kappa shape index (κ1) is 54.7. The predicted octanol–water partition coefficient (Wildman–Crippen LogP) is 19.5. The van der Waals surface area contributed by atoms with E-state index in [4.69, 9.17) is 29.9 Å². The van der Waals surface area contributed by atoms with Crippen LogP contribution in [-0.2, 0) is 12.4 Å². The molecule has 0 N–H and O–H groups in total. The van der Waals surface area contributed by atoms with E-state index in [-0.39, 0.29) is 22.3 Å². The van der Waals surface area contributed by atoms with Gasteiger partial charge in [-0.1, -0.05) is 176 Å². The van der Waals surface area contributed by atoms with Gasteiger partial charge in [0.05, 0.1) is 56.2 Å². The van der Waals surface area contributed by atoms with E-state index < -0.39 is 29.0 Å². The number of nitriles is 1. The van der Waals surface area contributed by atoms with Gasteiger partial charge in [0.2, 0.25) is 0 Å². The quantitative estimate of drug-likeness (QED) is 0.125. The van der Waals surface area contributed by atoms with Gasteiger partial charge in [0.25, 0.3) is 0 Å². The van der Waals surface area contributed by atoms with Crippen molar-refractivity contribution in [3.8, 4) is 108 Å². The molecular weight excluding hydrogens is 1140 g/mol. The number of aromatic nitrogens is 8. The molecule has 0 atom stereocenters. The van der Waals surface area contributed by atoms with Gasteiger partial charge in [0, 0.05) is 71.6 Å². The van der Waals surface area contributed by atoms with Gasteiger partial charge < -0.3 is 9.13 Å². The molecule has 9 nitrogen and oxygen atoms in total. The van der Waals surface area contributed by atoms with Crippen LogP contribution in [0, 0.1) is 11.3 Å². The molecule has 0 spiro atoms. The van der Waals surface area contributed by atoms with Gasteiger partial charge in [-0.3, -0.25) is 0 Å². The van der Waals surface area contributed by atoms with E-state index in [0.717, 1.165) is 49.9 Å². The van der Waals surface area contributed by atoms with Crippen LogP contribution < -0.4 is 0 Å². The van der Waals surface area contributed by atoms with Crippen molar-refractivity contribution in [1.29, 1.82) is 5.26 Å². The zero-order valence-electron chi connectivity index (χ0n) is 47.1. The maximum absolute atomic E-state index is 15.3. The second-order valence-corrected chi connectivity index (χ2v) is 21.5. The van der Waals surface area contributed by atoms with E-state index >= 15 is 26.3 Å².